The predicted molar refractivity (Wildman–Crippen MR) is 77.7 cm³/mol. The lowest BCUT2D eigenvalue weighted by Crippen LogP contribution is -2.51. The van der Waals surface area contributed by atoms with Crippen molar-refractivity contribution in [1.82, 2.24) is 5.32 Å². The number of ether oxygens (including phenoxy) is 3. The summed E-state index contributed by atoms with van der Waals surface area (Å²) in [5.41, 5.74) is -0.668. The van der Waals surface area contributed by atoms with Crippen LogP contribution in [-0.4, -0.2) is 50.6 Å². The maximum Gasteiger partial charge on any atom is 0.326 e. The number of likely N-dealkylation sites (N-methyl/N-ethyl adjacent to an activating group) is 1. The second kappa shape index (κ2) is 9.32. The van der Waals surface area contributed by atoms with Crippen LogP contribution in [-0.2, 0) is 19.0 Å². The molecule has 0 aromatic rings. The molecule has 5 nitrogen and oxygen atoms in total. The highest BCUT2D eigenvalue weighted by molar-refractivity contribution is 5.80. The zero-order valence-corrected chi connectivity index (χ0v) is 13.1. The Morgan fingerprint density at radius 3 is 2.80 bits per heavy atom. The molecular formula is C15H29NO4. The molecule has 2 atom stereocenters. The van der Waals surface area contributed by atoms with Crippen molar-refractivity contribution in [2.45, 2.75) is 58.1 Å². The van der Waals surface area contributed by atoms with Gasteiger partial charge in [0.1, 0.15) is 5.54 Å². The van der Waals surface area contributed by atoms with E-state index in [0.29, 0.717) is 26.2 Å². The first-order valence-corrected chi connectivity index (χ1v) is 7.74. The van der Waals surface area contributed by atoms with Crippen LogP contribution in [0.25, 0.3) is 0 Å². The summed E-state index contributed by atoms with van der Waals surface area (Å²) in [7, 11) is 0. The molecule has 5 heteroatoms. The average molecular weight is 287 g/mol. The minimum Gasteiger partial charge on any atom is -0.465 e. The Morgan fingerprint density at radius 2 is 2.20 bits per heavy atom. The Morgan fingerprint density at radius 1 is 1.40 bits per heavy atom. The molecule has 1 aliphatic heterocycles. The lowest BCUT2D eigenvalue weighted by molar-refractivity contribution is -0.151. The van der Waals surface area contributed by atoms with Gasteiger partial charge in [-0.15, -0.1) is 0 Å². The van der Waals surface area contributed by atoms with Crippen molar-refractivity contribution in [1.29, 1.82) is 0 Å². The predicted octanol–water partition coefficient (Wildman–Crippen LogP) is 1.89. The van der Waals surface area contributed by atoms with E-state index in [9.17, 15) is 4.79 Å². The number of carbonyl (C=O) groups is 1. The molecule has 0 aliphatic carbocycles. The molecule has 0 aromatic heterocycles. The summed E-state index contributed by atoms with van der Waals surface area (Å²) in [6.45, 7) is 8.78. The summed E-state index contributed by atoms with van der Waals surface area (Å²) in [5.74, 6) is -0.209. The van der Waals surface area contributed by atoms with Gasteiger partial charge >= 0.3 is 5.97 Å². The van der Waals surface area contributed by atoms with Crippen LogP contribution in [0.5, 0.6) is 0 Å². The van der Waals surface area contributed by atoms with Crippen LogP contribution in [0.4, 0.5) is 0 Å². The molecule has 1 N–H and O–H groups in total. The van der Waals surface area contributed by atoms with E-state index >= 15 is 0 Å². The Balaban J connectivity index is 2.28. The van der Waals surface area contributed by atoms with Crippen LogP contribution >= 0.6 is 0 Å². The summed E-state index contributed by atoms with van der Waals surface area (Å²) in [6.07, 6.45) is 4.26. The topological polar surface area (TPSA) is 56.8 Å². The van der Waals surface area contributed by atoms with E-state index in [-0.39, 0.29) is 12.1 Å². The van der Waals surface area contributed by atoms with Gasteiger partial charge in [0.25, 0.3) is 0 Å². The third kappa shape index (κ3) is 5.77. The zero-order valence-electron chi connectivity index (χ0n) is 13.1. The maximum absolute atomic E-state index is 12.0. The molecule has 0 spiro atoms. The fraction of sp³-hybridized carbons (Fsp3) is 0.933. The van der Waals surface area contributed by atoms with E-state index in [0.717, 1.165) is 26.0 Å². The van der Waals surface area contributed by atoms with Gasteiger partial charge in [0, 0.05) is 13.2 Å². The summed E-state index contributed by atoms with van der Waals surface area (Å²) >= 11 is 0. The lowest BCUT2D eigenvalue weighted by Gasteiger charge is -2.28. The first-order valence-electron chi connectivity index (χ1n) is 7.74. The molecule has 2 unspecified atom stereocenters. The first-order chi connectivity index (χ1) is 9.62. The standard InChI is InChI=1S/C15H29NO4/c1-4-16-15(3,14(17)19-5-2)9-11-18-12-13-8-6-7-10-20-13/h13,16H,4-12H2,1-3H3. The number of hydrogen-bond acceptors (Lipinski definition) is 5. The molecule has 0 saturated carbocycles. The van der Waals surface area contributed by atoms with E-state index < -0.39 is 5.54 Å². The van der Waals surface area contributed by atoms with Gasteiger partial charge in [0.2, 0.25) is 0 Å². The second-order valence-corrected chi connectivity index (χ2v) is 5.40. The maximum atomic E-state index is 12.0. The smallest absolute Gasteiger partial charge is 0.326 e. The molecule has 1 heterocycles. The van der Waals surface area contributed by atoms with Crippen molar-refractivity contribution in [2.75, 3.05) is 33.0 Å². The first kappa shape index (κ1) is 17.4. The van der Waals surface area contributed by atoms with Crippen molar-refractivity contribution in [2.24, 2.45) is 0 Å². The summed E-state index contributed by atoms with van der Waals surface area (Å²) in [5, 5.41) is 3.20. The highest BCUT2D eigenvalue weighted by atomic mass is 16.5. The van der Waals surface area contributed by atoms with Gasteiger partial charge in [-0.25, -0.2) is 0 Å². The molecular weight excluding hydrogens is 258 g/mol. The van der Waals surface area contributed by atoms with Crippen molar-refractivity contribution in [3.63, 3.8) is 0 Å². The summed E-state index contributed by atoms with van der Waals surface area (Å²) in [6, 6.07) is 0. The lowest BCUT2D eigenvalue weighted by atomic mass is 9.98. The van der Waals surface area contributed by atoms with Crippen molar-refractivity contribution < 1.29 is 19.0 Å². The monoisotopic (exact) mass is 287 g/mol. The summed E-state index contributed by atoms with van der Waals surface area (Å²) in [4.78, 5) is 12.0. The van der Waals surface area contributed by atoms with Gasteiger partial charge in [-0.3, -0.25) is 4.79 Å². The fourth-order valence-corrected chi connectivity index (χ4v) is 2.37. The van der Waals surface area contributed by atoms with Crippen molar-refractivity contribution in [3.05, 3.63) is 0 Å². The van der Waals surface area contributed by atoms with Crippen LogP contribution in [0.1, 0.15) is 46.5 Å². The Bertz CT molecular complexity index is 279. The van der Waals surface area contributed by atoms with Crippen molar-refractivity contribution in [3.8, 4) is 0 Å². The van der Waals surface area contributed by atoms with Gasteiger partial charge < -0.3 is 19.5 Å². The van der Waals surface area contributed by atoms with Crippen LogP contribution < -0.4 is 5.32 Å². The molecule has 1 saturated heterocycles. The third-order valence-electron chi connectivity index (χ3n) is 3.62. The number of hydrogen-bond donors (Lipinski definition) is 1. The highest BCUT2D eigenvalue weighted by Gasteiger charge is 2.33. The molecule has 20 heavy (non-hydrogen) atoms. The summed E-state index contributed by atoms with van der Waals surface area (Å²) < 4.78 is 16.4. The van der Waals surface area contributed by atoms with Crippen LogP contribution in [0, 0.1) is 0 Å². The van der Waals surface area contributed by atoms with Crippen LogP contribution in [0.15, 0.2) is 0 Å². The second-order valence-electron chi connectivity index (χ2n) is 5.40. The van der Waals surface area contributed by atoms with Gasteiger partial charge in [0.15, 0.2) is 0 Å². The molecule has 1 fully saturated rings. The number of carbonyl (C=O) groups excluding carboxylic acids is 1. The van der Waals surface area contributed by atoms with Gasteiger partial charge in [-0.2, -0.15) is 0 Å². The largest absolute Gasteiger partial charge is 0.465 e. The van der Waals surface area contributed by atoms with Gasteiger partial charge in [-0.1, -0.05) is 6.92 Å². The van der Waals surface area contributed by atoms with Crippen LogP contribution in [0.3, 0.4) is 0 Å². The fourth-order valence-electron chi connectivity index (χ4n) is 2.37. The van der Waals surface area contributed by atoms with E-state index in [1.165, 1.54) is 6.42 Å². The SMILES string of the molecule is CCNC(C)(CCOCC1CCCCO1)C(=O)OCC. The zero-order chi connectivity index (χ0) is 14.8. The Hall–Kier alpha value is -0.650. The minimum atomic E-state index is -0.668. The number of nitrogens with one attached hydrogen (secondary N) is 1. The minimum absolute atomic E-state index is 0.209. The molecule has 1 aliphatic rings. The number of esters is 1. The Kier molecular flexibility index (Phi) is 8.11. The molecule has 0 bridgehead atoms. The molecule has 0 radical (unpaired) electrons. The molecule has 118 valence electrons. The van der Waals surface area contributed by atoms with E-state index in [1.807, 2.05) is 20.8 Å². The Labute approximate surface area is 122 Å². The highest BCUT2D eigenvalue weighted by Crippen LogP contribution is 2.15. The van der Waals surface area contributed by atoms with E-state index in [1.54, 1.807) is 0 Å². The van der Waals surface area contributed by atoms with Gasteiger partial charge in [0.05, 0.1) is 19.3 Å². The van der Waals surface area contributed by atoms with Crippen LogP contribution in [0.2, 0.25) is 0 Å². The molecule has 1 rings (SSSR count). The molecule has 0 amide bonds. The molecule has 0 aromatic carbocycles. The number of rotatable bonds is 9. The van der Waals surface area contributed by atoms with Gasteiger partial charge in [-0.05, 0) is 46.1 Å². The average Bonchev–Trinajstić information content (AvgIpc) is 2.45. The normalized spacial score (nSPS) is 22.2. The van der Waals surface area contributed by atoms with Crippen molar-refractivity contribution >= 4 is 5.97 Å². The quantitative estimate of drug-likeness (QED) is 0.518. The van der Waals surface area contributed by atoms with E-state index in [4.69, 9.17) is 14.2 Å². The van der Waals surface area contributed by atoms with E-state index in [2.05, 4.69) is 5.32 Å². The third-order valence-corrected chi connectivity index (χ3v) is 3.62.